The smallest absolute Gasteiger partial charge is 0.119 e. The van der Waals surface area contributed by atoms with Crippen molar-refractivity contribution >= 4 is 0 Å². The van der Waals surface area contributed by atoms with Gasteiger partial charge in [-0.2, -0.15) is 0 Å². The molecule has 1 aromatic rings. The molecule has 0 saturated carbocycles. The predicted octanol–water partition coefficient (Wildman–Crippen LogP) is 2.24. The van der Waals surface area contributed by atoms with Gasteiger partial charge in [-0.05, 0) is 24.1 Å². The first kappa shape index (κ1) is 14.0. The van der Waals surface area contributed by atoms with E-state index in [1.54, 1.807) is 7.11 Å². The molecule has 0 unspecified atom stereocenters. The van der Waals surface area contributed by atoms with Crippen molar-refractivity contribution in [2.24, 2.45) is 11.1 Å². The van der Waals surface area contributed by atoms with Crippen LogP contribution in [0.25, 0.3) is 0 Å². The van der Waals surface area contributed by atoms with E-state index >= 15 is 0 Å². The predicted molar refractivity (Wildman–Crippen MR) is 70.4 cm³/mol. The summed E-state index contributed by atoms with van der Waals surface area (Å²) in [5.41, 5.74) is 6.94. The number of hydrogen-bond acceptors (Lipinski definition) is 3. The molecular formula is C14H23NO2. The Morgan fingerprint density at radius 2 is 1.82 bits per heavy atom. The number of nitrogens with two attached hydrogens (primary N) is 1. The molecule has 96 valence electrons. The van der Waals surface area contributed by atoms with E-state index in [9.17, 15) is 0 Å². The largest absolute Gasteiger partial charge is 0.493 e. The Kier molecular flexibility index (Phi) is 5.45. The average molecular weight is 237 g/mol. The highest BCUT2D eigenvalue weighted by molar-refractivity contribution is 5.27. The van der Waals surface area contributed by atoms with Gasteiger partial charge >= 0.3 is 0 Å². The zero-order valence-electron chi connectivity index (χ0n) is 11.0. The monoisotopic (exact) mass is 237 g/mol. The Morgan fingerprint density at radius 1 is 1.18 bits per heavy atom. The molecule has 0 radical (unpaired) electrons. The molecule has 1 aromatic carbocycles. The molecule has 0 aromatic heterocycles. The molecule has 0 aliphatic heterocycles. The minimum atomic E-state index is 0.0225. The van der Waals surface area contributed by atoms with Crippen LogP contribution in [0.3, 0.4) is 0 Å². The molecule has 0 heterocycles. The molecule has 0 atom stereocenters. The van der Waals surface area contributed by atoms with Crippen molar-refractivity contribution in [1.82, 2.24) is 0 Å². The van der Waals surface area contributed by atoms with Crippen LogP contribution in [0.1, 0.15) is 19.4 Å². The van der Waals surface area contributed by atoms with Crippen molar-refractivity contribution in [2.45, 2.75) is 20.3 Å². The van der Waals surface area contributed by atoms with E-state index in [0.29, 0.717) is 13.2 Å². The fraction of sp³-hybridized carbons (Fsp3) is 0.571. The SMILES string of the molecule is COCCc1ccc(OCC(C)(C)CN)cc1. The molecule has 0 aliphatic rings. The zero-order chi connectivity index (χ0) is 12.7. The third-order valence-electron chi connectivity index (χ3n) is 2.70. The summed E-state index contributed by atoms with van der Waals surface area (Å²) in [5, 5.41) is 0. The zero-order valence-corrected chi connectivity index (χ0v) is 11.0. The summed E-state index contributed by atoms with van der Waals surface area (Å²) in [6.45, 7) is 6.21. The Bertz CT molecular complexity index is 319. The molecule has 0 amide bonds. The van der Waals surface area contributed by atoms with Crippen molar-refractivity contribution < 1.29 is 9.47 Å². The molecule has 0 spiro atoms. The van der Waals surface area contributed by atoms with Crippen LogP contribution in [-0.2, 0) is 11.2 Å². The van der Waals surface area contributed by atoms with E-state index in [1.165, 1.54) is 5.56 Å². The lowest BCUT2D eigenvalue weighted by molar-refractivity contribution is 0.187. The van der Waals surface area contributed by atoms with Gasteiger partial charge in [0.25, 0.3) is 0 Å². The molecule has 3 nitrogen and oxygen atoms in total. The normalized spacial score (nSPS) is 11.5. The highest BCUT2D eigenvalue weighted by Crippen LogP contribution is 2.18. The van der Waals surface area contributed by atoms with Gasteiger partial charge in [0, 0.05) is 19.1 Å². The molecule has 2 N–H and O–H groups in total. The summed E-state index contributed by atoms with van der Waals surface area (Å²) in [5.74, 6) is 0.896. The summed E-state index contributed by atoms with van der Waals surface area (Å²) in [4.78, 5) is 0. The minimum absolute atomic E-state index is 0.0225. The summed E-state index contributed by atoms with van der Waals surface area (Å²) in [7, 11) is 1.71. The van der Waals surface area contributed by atoms with Crippen LogP contribution >= 0.6 is 0 Å². The van der Waals surface area contributed by atoms with E-state index in [4.69, 9.17) is 15.2 Å². The fourth-order valence-corrected chi connectivity index (χ4v) is 1.31. The van der Waals surface area contributed by atoms with Crippen LogP contribution < -0.4 is 10.5 Å². The van der Waals surface area contributed by atoms with Crippen molar-refractivity contribution in [2.75, 3.05) is 26.9 Å². The maximum atomic E-state index is 5.71. The maximum Gasteiger partial charge on any atom is 0.119 e. The van der Waals surface area contributed by atoms with E-state index in [1.807, 2.05) is 12.1 Å². The molecule has 3 heteroatoms. The fourth-order valence-electron chi connectivity index (χ4n) is 1.31. The van der Waals surface area contributed by atoms with E-state index in [-0.39, 0.29) is 5.41 Å². The summed E-state index contributed by atoms with van der Waals surface area (Å²) < 4.78 is 10.7. The highest BCUT2D eigenvalue weighted by Gasteiger charge is 2.16. The topological polar surface area (TPSA) is 44.5 Å². The molecule has 0 fully saturated rings. The number of ether oxygens (including phenoxy) is 2. The third-order valence-corrected chi connectivity index (χ3v) is 2.70. The van der Waals surface area contributed by atoms with Gasteiger partial charge in [-0.15, -0.1) is 0 Å². The second-order valence-electron chi connectivity index (χ2n) is 5.04. The van der Waals surface area contributed by atoms with E-state index in [2.05, 4.69) is 26.0 Å². The molecule has 0 bridgehead atoms. The third kappa shape index (κ3) is 5.20. The Balaban J connectivity index is 2.45. The van der Waals surface area contributed by atoms with Gasteiger partial charge in [-0.25, -0.2) is 0 Å². The van der Waals surface area contributed by atoms with Crippen LogP contribution in [0.15, 0.2) is 24.3 Å². The van der Waals surface area contributed by atoms with Gasteiger partial charge in [-0.3, -0.25) is 0 Å². The average Bonchev–Trinajstić information content (AvgIpc) is 2.35. The van der Waals surface area contributed by atoms with Gasteiger partial charge in [0.1, 0.15) is 5.75 Å². The number of hydrogen-bond donors (Lipinski definition) is 1. The lowest BCUT2D eigenvalue weighted by Gasteiger charge is -2.22. The van der Waals surface area contributed by atoms with Crippen LogP contribution in [0.4, 0.5) is 0 Å². The standard InChI is InChI=1S/C14H23NO2/c1-14(2,10-15)11-17-13-6-4-12(5-7-13)8-9-16-3/h4-7H,8-11,15H2,1-3H3. The van der Waals surface area contributed by atoms with E-state index < -0.39 is 0 Å². The first-order valence-corrected chi connectivity index (χ1v) is 5.98. The highest BCUT2D eigenvalue weighted by atomic mass is 16.5. The first-order chi connectivity index (χ1) is 8.07. The van der Waals surface area contributed by atoms with Crippen molar-refractivity contribution in [1.29, 1.82) is 0 Å². The Labute approximate surface area is 104 Å². The van der Waals surface area contributed by atoms with Gasteiger partial charge in [0.05, 0.1) is 13.2 Å². The number of methoxy groups -OCH3 is 1. The number of benzene rings is 1. The Morgan fingerprint density at radius 3 is 2.35 bits per heavy atom. The summed E-state index contributed by atoms with van der Waals surface area (Å²) in [6, 6.07) is 8.14. The molecule has 0 saturated heterocycles. The van der Waals surface area contributed by atoms with Crippen molar-refractivity contribution in [3.63, 3.8) is 0 Å². The molecule has 0 aliphatic carbocycles. The first-order valence-electron chi connectivity index (χ1n) is 5.98. The quantitative estimate of drug-likeness (QED) is 0.791. The van der Waals surface area contributed by atoms with E-state index in [0.717, 1.165) is 18.8 Å². The molecule has 1 rings (SSSR count). The molecule has 17 heavy (non-hydrogen) atoms. The van der Waals surface area contributed by atoms with Crippen LogP contribution in [-0.4, -0.2) is 26.9 Å². The van der Waals surface area contributed by atoms with Gasteiger partial charge in [0.2, 0.25) is 0 Å². The second-order valence-corrected chi connectivity index (χ2v) is 5.04. The van der Waals surface area contributed by atoms with Gasteiger partial charge in [-0.1, -0.05) is 26.0 Å². The summed E-state index contributed by atoms with van der Waals surface area (Å²) >= 11 is 0. The van der Waals surface area contributed by atoms with Crippen molar-refractivity contribution in [3.05, 3.63) is 29.8 Å². The van der Waals surface area contributed by atoms with Crippen LogP contribution in [0, 0.1) is 5.41 Å². The van der Waals surface area contributed by atoms with Crippen molar-refractivity contribution in [3.8, 4) is 5.75 Å². The van der Waals surface area contributed by atoms with Gasteiger partial charge in [0.15, 0.2) is 0 Å². The Hall–Kier alpha value is -1.06. The van der Waals surface area contributed by atoms with Gasteiger partial charge < -0.3 is 15.2 Å². The summed E-state index contributed by atoms with van der Waals surface area (Å²) in [6.07, 6.45) is 0.936. The van der Waals surface area contributed by atoms with Crippen LogP contribution in [0.2, 0.25) is 0 Å². The molecular weight excluding hydrogens is 214 g/mol. The lowest BCUT2D eigenvalue weighted by Crippen LogP contribution is -2.30. The lowest BCUT2D eigenvalue weighted by atomic mass is 9.95. The second kappa shape index (κ2) is 6.62. The minimum Gasteiger partial charge on any atom is -0.493 e. The van der Waals surface area contributed by atoms with Crippen LogP contribution in [0.5, 0.6) is 5.75 Å². The number of rotatable bonds is 7. The maximum absolute atomic E-state index is 5.71.